The molecule has 1 N–H and O–H groups in total. The predicted molar refractivity (Wildman–Crippen MR) is 86.4 cm³/mol. The molecule has 3 atom stereocenters. The summed E-state index contributed by atoms with van der Waals surface area (Å²) in [5.41, 5.74) is 4.50. The van der Waals surface area contributed by atoms with E-state index >= 15 is 0 Å². The van der Waals surface area contributed by atoms with Crippen molar-refractivity contribution in [3.05, 3.63) is 35.5 Å². The molecule has 110 valence electrons. The number of hydrogen-bond acceptors (Lipinski definition) is 1. The van der Waals surface area contributed by atoms with E-state index in [4.69, 9.17) is 0 Å². The smallest absolute Gasteiger partial charge is 0.0504 e. The minimum Gasteiger partial charge on any atom is -0.357 e. The lowest BCUT2D eigenvalue weighted by molar-refractivity contribution is 0.0308. The molecule has 1 aromatic heterocycles. The Morgan fingerprint density at radius 3 is 2.86 bits per heavy atom. The maximum atomic E-state index is 3.77. The Morgan fingerprint density at radius 2 is 1.90 bits per heavy atom. The fourth-order valence-corrected chi connectivity index (χ4v) is 5.28. The largest absolute Gasteiger partial charge is 0.357 e. The Hall–Kier alpha value is -1.28. The van der Waals surface area contributed by atoms with Crippen LogP contribution in [0.15, 0.2) is 24.3 Å². The van der Waals surface area contributed by atoms with E-state index in [1.807, 2.05) is 0 Å². The number of para-hydroxylation sites is 1. The molecule has 2 aromatic rings. The number of fused-ring (bicyclic) bond motifs is 6. The van der Waals surface area contributed by atoms with Crippen molar-refractivity contribution in [2.45, 2.75) is 44.6 Å². The second-order valence-corrected chi connectivity index (χ2v) is 7.36. The van der Waals surface area contributed by atoms with Gasteiger partial charge in [-0.25, -0.2) is 0 Å². The van der Waals surface area contributed by atoms with Gasteiger partial charge >= 0.3 is 0 Å². The number of hydrogen-bond donors (Lipinski definition) is 1. The van der Waals surface area contributed by atoms with Crippen molar-refractivity contribution >= 4 is 10.9 Å². The monoisotopic (exact) mass is 280 g/mol. The summed E-state index contributed by atoms with van der Waals surface area (Å²) in [6, 6.07) is 9.54. The van der Waals surface area contributed by atoms with Crippen LogP contribution in [0.2, 0.25) is 0 Å². The SMILES string of the molecule is c1ccc2c3c([nH]c2c1)C1CC2CCCCC2CN1CC3. The highest BCUT2D eigenvalue weighted by atomic mass is 15.2. The third-order valence-electron chi connectivity index (χ3n) is 6.33. The Morgan fingerprint density at radius 1 is 1.05 bits per heavy atom. The van der Waals surface area contributed by atoms with E-state index < -0.39 is 0 Å². The van der Waals surface area contributed by atoms with Crippen molar-refractivity contribution in [1.82, 2.24) is 9.88 Å². The van der Waals surface area contributed by atoms with Gasteiger partial charge in [0.05, 0.1) is 6.04 Å². The van der Waals surface area contributed by atoms with Gasteiger partial charge in [-0.05, 0) is 42.7 Å². The molecule has 5 rings (SSSR count). The average Bonchev–Trinajstić information content (AvgIpc) is 2.92. The van der Waals surface area contributed by atoms with Gasteiger partial charge in [-0.2, -0.15) is 0 Å². The standard InChI is InChI=1S/C19H24N2/c1-2-6-14-12-21-10-9-16-15-7-3-4-8-17(15)20-19(16)18(21)11-13(14)5-1/h3-4,7-8,13-14,18,20H,1-2,5-6,9-12H2. The first-order valence-electron chi connectivity index (χ1n) is 8.73. The summed E-state index contributed by atoms with van der Waals surface area (Å²) in [6.07, 6.45) is 8.51. The van der Waals surface area contributed by atoms with Gasteiger partial charge in [-0.15, -0.1) is 0 Å². The van der Waals surface area contributed by atoms with Crippen LogP contribution in [0.3, 0.4) is 0 Å². The molecule has 1 aliphatic carbocycles. The molecule has 2 aliphatic heterocycles. The molecule has 0 spiro atoms. The molecule has 2 heteroatoms. The highest BCUT2D eigenvalue weighted by molar-refractivity contribution is 5.85. The predicted octanol–water partition coefficient (Wildman–Crippen LogP) is 4.28. The summed E-state index contributed by atoms with van der Waals surface area (Å²) in [7, 11) is 0. The first-order valence-corrected chi connectivity index (χ1v) is 8.73. The number of aromatic nitrogens is 1. The first kappa shape index (κ1) is 12.3. The fourth-order valence-electron chi connectivity index (χ4n) is 5.28. The Balaban J connectivity index is 1.56. The van der Waals surface area contributed by atoms with Crippen molar-refractivity contribution in [1.29, 1.82) is 0 Å². The lowest BCUT2D eigenvalue weighted by Crippen LogP contribution is -2.46. The molecule has 3 aliphatic rings. The average molecular weight is 280 g/mol. The van der Waals surface area contributed by atoms with Crippen LogP contribution < -0.4 is 0 Å². The van der Waals surface area contributed by atoms with Gasteiger partial charge in [0.15, 0.2) is 0 Å². The molecule has 1 aromatic carbocycles. The van der Waals surface area contributed by atoms with Gasteiger partial charge in [-0.3, -0.25) is 4.90 Å². The van der Waals surface area contributed by atoms with Crippen molar-refractivity contribution < 1.29 is 0 Å². The lowest BCUT2D eigenvalue weighted by Gasteiger charge is -2.48. The number of nitrogens with zero attached hydrogens (tertiary/aromatic N) is 1. The Bertz CT molecular complexity index is 671. The number of nitrogens with one attached hydrogen (secondary N) is 1. The maximum Gasteiger partial charge on any atom is 0.0504 e. The second-order valence-electron chi connectivity index (χ2n) is 7.36. The van der Waals surface area contributed by atoms with Crippen LogP contribution in [-0.4, -0.2) is 23.0 Å². The molecule has 21 heavy (non-hydrogen) atoms. The zero-order valence-electron chi connectivity index (χ0n) is 12.6. The Labute approximate surface area is 126 Å². The third kappa shape index (κ3) is 1.81. The van der Waals surface area contributed by atoms with E-state index in [0.717, 1.165) is 11.8 Å². The van der Waals surface area contributed by atoms with Crippen LogP contribution in [0, 0.1) is 11.8 Å². The number of benzene rings is 1. The van der Waals surface area contributed by atoms with Crippen molar-refractivity contribution in [3.8, 4) is 0 Å². The number of H-pyrrole nitrogens is 1. The molecule has 0 bridgehead atoms. The van der Waals surface area contributed by atoms with Gasteiger partial charge in [0, 0.05) is 29.7 Å². The summed E-state index contributed by atoms with van der Waals surface area (Å²) in [5, 5.41) is 1.47. The van der Waals surface area contributed by atoms with Gasteiger partial charge in [-0.1, -0.05) is 37.5 Å². The van der Waals surface area contributed by atoms with Crippen LogP contribution in [0.25, 0.3) is 10.9 Å². The third-order valence-corrected chi connectivity index (χ3v) is 6.33. The minimum atomic E-state index is 0.667. The van der Waals surface area contributed by atoms with E-state index in [0.29, 0.717) is 6.04 Å². The normalized spacial score (nSPS) is 32.5. The van der Waals surface area contributed by atoms with Crippen LogP contribution in [-0.2, 0) is 6.42 Å². The van der Waals surface area contributed by atoms with Gasteiger partial charge in [0.2, 0.25) is 0 Å². The molecule has 0 radical (unpaired) electrons. The van der Waals surface area contributed by atoms with Crippen LogP contribution in [0.4, 0.5) is 0 Å². The summed E-state index contributed by atoms with van der Waals surface area (Å²) >= 11 is 0. The minimum absolute atomic E-state index is 0.667. The topological polar surface area (TPSA) is 19.0 Å². The van der Waals surface area contributed by atoms with Crippen molar-refractivity contribution in [3.63, 3.8) is 0 Å². The molecule has 0 amide bonds. The lowest BCUT2D eigenvalue weighted by atomic mass is 9.71. The number of rotatable bonds is 0. The maximum absolute atomic E-state index is 3.77. The quantitative estimate of drug-likeness (QED) is 0.763. The summed E-state index contributed by atoms with van der Waals surface area (Å²) in [5.74, 6) is 1.97. The molecule has 3 unspecified atom stereocenters. The second kappa shape index (κ2) is 4.61. The molecule has 1 saturated heterocycles. The van der Waals surface area contributed by atoms with E-state index in [1.165, 1.54) is 62.5 Å². The van der Waals surface area contributed by atoms with Gasteiger partial charge in [0.25, 0.3) is 0 Å². The number of piperidine rings is 1. The molecule has 2 nitrogen and oxygen atoms in total. The molecule has 3 heterocycles. The first-order chi connectivity index (χ1) is 10.4. The van der Waals surface area contributed by atoms with E-state index in [1.54, 1.807) is 11.3 Å². The van der Waals surface area contributed by atoms with Crippen LogP contribution in [0.1, 0.15) is 49.4 Å². The Kier molecular flexibility index (Phi) is 2.69. The highest BCUT2D eigenvalue weighted by Crippen LogP contribution is 2.46. The van der Waals surface area contributed by atoms with Crippen molar-refractivity contribution in [2.24, 2.45) is 11.8 Å². The molecular formula is C19H24N2. The summed E-state index contributed by atoms with van der Waals surface area (Å²) in [4.78, 5) is 6.55. The molecular weight excluding hydrogens is 256 g/mol. The van der Waals surface area contributed by atoms with Gasteiger partial charge in [0.1, 0.15) is 0 Å². The highest BCUT2D eigenvalue weighted by Gasteiger charge is 2.40. The van der Waals surface area contributed by atoms with Crippen molar-refractivity contribution in [2.75, 3.05) is 13.1 Å². The van der Waals surface area contributed by atoms with E-state index in [2.05, 4.69) is 34.1 Å². The van der Waals surface area contributed by atoms with E-state index in [-0.39, 0.29) is 0 Å². The molecule has 2 fully saturated rings. The van der Waals surface area contributed by atoms with Crippen LogP contribution >= 0.6 is 0 Å². The summed E-state index contributed by atoms with van der Waals surface area (Å²) < 4.78 is 0. The number of aromatic amines is 1. The van der Waals surface area contributed by atoms with Crippen LogP contribution in [0.5, 0.6) is 0 Å². The zero-order chi connectivity index (χ0) is 13.8. The van der Waals surface area contributed by atoms with Gasteiger partial charge < -0.3 is 4.98 Å². The fraction of sp³-hybridized carbons (Fsp3) is 0.579. The van der Waals surface area contributed by atoms with E-state index in [9.17, 15) is 0 Å². The molecule has 1 saturated carbocycles. The summed E-state index contributed by atoms with van der Waals surface area (Å²) in [6.45, 7) is 2.62. The zero-order valence-corrected chi connectivity index (χ0v) is 12.6.